The zero-order valence-corrected chi connectivity index (χ0v) is 17.3. The fraction of sp³-hybridized carbons (Fsp3) is 0.391. The molecule has 1 aliphatic rings. The van der Waals surface area contributed by atoms with Crippen LogP contribution in [0.4, 0.5) is 8.78 Å². The molecule has 0 radical (unpaired) electrons. The first-order valence-corrected chi connectivity index (χ1v) is 10.3. The number of para-hydroxylation sites is 2. The lowest BCUT2D eigenvalue weighted by atomic mass is 10.1. The third kappa shape index (κ3) is 3.94. The van der Waals surface area contributed by atoms with Crippen molar-refractivity contribution in [3.63, 3.8) is 0 Å². The number of rotatable bonds is 5. The number of hydrogen-bond donors (Lipinski definition) is 0. The van der Waals surface area contributed by atoms with Crippen molar-refractivity contribution in [1.82, 2.24) is 19.4 Å². The van der Waals surface area contributed by atoms with Gasteiger partial charge in [-0.1, -0.05) is 36.4 Å². The maximum Gasteiger partial charge on any atom is 0.320 e. The SMILES string of the molecule is Cc1ccccc1CC(=O)N1CCN(C(C)c2nc3ccccc3n2C(F)F)CC1. The van der Waals surface area contributed by atoms with Gasteiger partial charge in [0.1, 0.15) is 5.82 Å². The molecule has 4 rings (SSSR count). The quantitative estimate of drug-likeness (QED) is 0.631. The van der Waals surface area contributed by atoms with E-state index in [9.17, 15) is 13.6 Å². The summed E-state index contributed by atoms with van der Waals surface area (Å²) in [5.41, 5.74) is 3.18. The number of hydrogen-bond acceptors (Lipinski definition) is 3. The Kier molecular flexibility index (Phi) is 5.81. The van der Waals surface area contributed by atoms with E-state index in [-0.39, 0.29) is 11.9 Å². The van der Waals surface area contributed by atoms with Crippen LogP contribution in [0.25, 0.3) is 11.0 Å². The number of amides is 1. The molecule has 158 valence electrons. The topological polar surface area (TPSA) is 41.4 Å². The third-order valence-corrected chi connectivity index (χ3v) is 6.01. The molecule has 1 saturated heterocycles. The monoisotopic (exact) mass is 412 g/mol. The number of aromatic nitrogens is 2. The fourth-order valence-corrected chi connectivity index (χ4v) is 4.17. The van der Waals surface area contributed by atoms with E-state index in [1.807, 2.05) is 43.0 Å². The van der Waals surface area contributed by atoms with E-state index in [1.54, 1.807) is 24.3 Å². The Morgan fingerprint density at radius 1 is 1.03 bits per heavy atom. The van der Waals surface area contributed by atoms with Crippen molar-refractivity contribution in [1.29, 1.82) is 0 Å². The number of fused-ring (bicyclic) bond motifs is 1. The first-order valence-electron chi connectivity index (χ1n) is 10.3. The van der Waals surface area contributed by atoms with Crippen LogP contribution in [0.5, 0.6) is 0 Å². The van der Waals surface area contributed by atoms with Crippen LogP contribution in [0.1, 0.15) is 36.5 Å². The molecule has 1 aliphatic heterocycles. The lowest BCUT2D eigenvalue weighted by Gasteiger charge is -2.38. The predicted octanol–water partition coefficient (Wildman–Crippen LogP) is 4.19. The van der Waals surface area contributed by atoms with Crippen LogP contribution >= 0.6 is 0 Å². The molecule has 0 N–H and O–H groups in total. The standard InChI is InChI=1S/C23H26F2N4O/c1-16-7-3-4-8-18(16)15-21(30)28-13-11-27(12-14-28)17(2)22-26-19-9-5-6-10-20(19)29(22)23(24)25/h3-10,17,23H,11-15H2,1-2H3. The summed E-state index contributed by atoms with van der Waals surface area (Å²) in [6, 6.07) is 14.6. The van der Waals surface area contributed by atoms with Gasteiger partial charge in [0, 0.05) is 26.2 Å². The van der Waals surface area contributed by atoms with Crippen molar-refractivity contribution in [2.24, 2.45) is 0 Å². The second-order valence-corrected chi connectivity index (χ2v) is 7.80. The molecule has 1 aromatic heterocycles. The molecular formula is C23H26F2N4O. The van der Waals surface area contributed by atoms with E-state index in [2.05, 4.69) is 9.88 Å². The van der Waals surface area contributed by atoms with Crippen LogP contribution in [0, 0.1) is 6.92 Å². The van der Waals surface area contributed by atoms with Gasteiger partial charge >= 0.3 is 6.55 Å². The Labute approximate surface area is 174 Å². The number of imidazole rings is 1. The van der Waals surface area contributed by atoms with Gasteiger partial charge < -0.3 is 4.90 Å². The highest BCUT2D eigenvalue weighted by Crippen LogP contribution is 2.29. The molecule has 1 fully saturated rings. The number of benzene rings is 2. The molecule has 1 unspecified atom stereocenters. The highest BCUT2D eigenvalue weighted by atomic mass is 19.3. The van der Waals surface area contributed by atoms with E-state index in [0.717, 1.165) is 15.7 Å². The van der Waals surface area contributed by atoms with Crippen LogP contribution < -0.4 is 0 Å². The van der Waals surface area contributed by atoms with Crippen LogP contribution in [-0.2, 0) is 11.2 Å². The van der Waals surface area contributed by atoms with Gasteiger partial charge in [-0.25, -0.2) is 4.98 Å². The number of carbonyl (C=O) groups is 1. The first-order chi connectivity index (χ1) is 14.5. The molecule has 1 atom stereocenters. The minimum absolute atomic E-state index is 0.108. The molecule has 0 saturated carbocycles. The van der Waals surface area contributed by atoms with Crippen LogP contribution in [0.3, 0.4) is 0 Å². The van der Waals surface area contributed by atoms with Crippen LogP contribution in [-0.4, -0.2) is 51.4 Å². The summed E-state index contributed by atoms with van der Waals surface area (Å²) in [6.07, 6.45) is 0.392. The number of aryl methyl sites for hydroxylation is 1. The zero-order chi connectivity index (χ0) is 21.3. The van der Waals surface area contributed by atoms with Crippen LogP contribution in [0.15, 0.2) is 48.5 Å². The minimum Gasteiger partial charge on any atom is -0.340 e. The summed E-state index contributed by atoms with van der Waals surface area (Å²) in [7, 11) is 0. The van der Waals surface area contributed by atoms with Crippen molar-refractivity contribution >= 4 is 16.9 Å². The van der Waals surface area contributed by atoms with Gasteiger partial charge in [-0.15, -0.1) is 0 Å². The molecule has 7 heteroatoms. The Bertz CT molecular complexity index is 1040. The van der Waals surface area contributed by atoms with Gasteiger partial charge in [0.05, 0.1) is 23.5 Å². The molecule has 30 heavy (non-hydrogen) atoms. The molecule has 5 nitrogen and oxygen atoms in total. The summed E-state index contributed by atoms with van der Waals surface area (Å²) in [6.45, 7) is 3.71. The molecular weight excluding hydrogens is 386 g/mol. The molecule has 0 aliphatic carbocycles. The van der Waals surface area contributed by atoms with Crippen molar-refractivity contribution in [3.05, 3.63) is 65.5 Å². The van der Waals surface area contributed by atoms with Crippen molar-refractivity contribution in [2.75, 3.05) is 26.2 Å². The van der Waals surface area contributed by atoms with E-state index in [4.69, 9.17) is 0 Å². The predicted molar refractivity (Wildman–Crippen MR) is 112 cm³/mol. The Hall–Kier alpha value is -2.80. The normalized spacial score (nSPS) is 16.4. The maximum absolute atomic E-state index is 13.8. The fourth-order valence-electron chi connectivity index (χ4n) is 4.17. The van der Waals surface area contributed by atoms with E-state index in [0.29, 0.717) is 49.5 Å². The Morgan fingerprint density at radius 2 is 1.70 bits per heavy atom. The van der Waals surface area contributed by atoms with Gasteiger partial charge in [-0.3, -0.25) is 14.3 Å². The van der Waals surface area contributed by atoms with E-state index < -0.39 is 6.55 Å². The minimum atomic E-state index is -2.65. The summed E-state index contributed by atoms with van der Waals surface area (Å²) in [5.74, 6) is 0.474. The number of piperazine rings is 1. The number of alkyl halides is 2. The summed E-state index contributed by atoms with van der Waals surface area (Å²) < 4.78 is 28.6. The highest BCUT2D eigenvalue weighted by molar-refractivity contribution is 5.79. The molecule has 1 amide bonds. The average molecular weight is 412 g/mol. The molecule has 0 bridgehead atoms. The lowest BCUT2D eigenvalue weighted by Crippen LogP contribution is -2.50. The van der Waals surface area contributed by atoms with Gasteiger partial charge in [0.2, 0.25) is 5.91 Å². The van der Waals surface area contributed by atoms with E-state index >= 15 is 0 Å². The van der Waals surface area contributed by atoms with Crippen LogP contribution in [0.2, 0.25) is 0 Å². The molecule has 0 spiro atoms. The van der Waals surface area contributed by atoms with Gasteiger partial charge in [0.25, 0.3) is 0 Å². The first kappa shape index (κ1) is 20.5. The highest BCUT2D eigenvalue weighted by Gasteiger charge is 2.29. The summed E-state index contributed by atoms with van der Waals surface area (Å²) in [4.78, 5) is 21.2. The average Bonchev–Trinajstić information content (AvgIpc) is 3.15. The zero-order valence-electron chi connectivity index (χ0n) is 17.3. The van der Waals surface area contributed by atoms with E-state index in [1.165, 1.54) is 0 Å². The van der Waals surface area contributed by atoms with Crippen molar-refractivity contribution in [3.8, 4) is 0 Å². The number of carbonyl (C=O) groups excluding carboxylic acids is 1. The van der Waals surface area contributed by atoms with Crippen molar-refractivity contribution in [2.45, 2.75) is 32.9 Å². The number of halogens is 2. The largest absolute Gasteiger partial charge is 0.340 e. The second kappa shape index (κ2) is 8.52. The molecule has 3 aromatic rings. The Balaban J connectivity index is 1.44. The van der Waals surface area contributed by atoms with Crippen molar-refractivity contribution < 1.29 is 13.6 Å². The number of nitrogens with zero attached hydrogens (tertiary/aromatic N) is 4. The molecule has 2 aromatic carbocycles. The summed E-state index contributed by atoms with van der Waals surface area (Å²) >= 11 is 0. The lowest BCUT2D eigenvalue weighted by molar-refractivity contribution is -0.132. The third-order valence-electron chi connectivity index (χ3n) is 6.01. The summed E-state index contributed by atoms with van der Waals surface area (Å²) in [5, 5.41) is 0. The van der Waals surface area contributed by atoms with Gasteiger partial charge in [-0.05, 0) is 37.1 Å². The van der Waals surface area contributed by atoms with Gasteiger partial charge in [0.15, 0.2) is 0 Å². The molecule has 2 heterocycles. The smallest absolute Gasteiger partial charge is 0.320 e. The Morgan fingerprint density at radius 3 is 2.40 bits per heavy atom. The maximum atomic E-state index is 13.8. The second-order valence-electron chi connectivity index (χ2n) is 7.80. The van der Waals surface area contributed by atoms with Gasteiger partial charge in [-0.2, -0.15) is 8.78 Å².